The Labute approximate surface area is 446 Å². The predicted molar refractivity (Wildman–Crippen MR) is 280 cm³/mol. The van der Waals surface area contributed by atoms with Crippen LogP contribution in [0.15, 0.2) is 30.5 Å². The third-order valence-corrected chi connectivity index (χ3v) is 17.6. The summed E-state index contributed by atoms with van der Waals surface area (Å²) in [5.41, 5.74) is 2.85. The van der Waals surface area contributed by atoms with Crippen molar-refractivity contribution in [2.75, 3.05) is 53.8 Å². The van der Waals surface area contributed by atoms with Crippen molar-refractivity contribution in [3.05, 3.63) is 36.0 Å². The van der Waals surface area contributed by atoms with Gasteiger partial charge in [0.05, 0.1) is 52.5 Å². The molecule has 6 rings (SSSR count). The fraction of sp³-hybridized carbons (Fsp3) is 0.796. The van der Waals surface area contributed by atoms with E-state index in [9.17, 15) is 39.5 Å². The van der Waals surface area contributed by atoms with Gasteiger partial charge in [-0.05, 0) is 111 Å². The van der Waals surface area contributed by atoms with E-state index >= 15 is 0 Å². The van der Waals surface area contributed by atoms with Crippen LogP contribution in [-0.2, 0) is 42.7 Å². The van der Waals surface area contributed by atoms with Crippen LogP contribution >= 0.6 is 11.3 Å². The first-order valence-corrected chi connectivity index (χ1v) is 27.5. The number of aliphatic hydroxyl groups excluding tert-OH is 3. The minimum Gasteiger partial charge on any atom is -0.459 e. The average Bonchev–Trinajstić information content (AvgIpc) is 4.00. The Kier molecular flexibility index (Phi) is 20.7. The highest BCUT2D eigenvalue weighted by Crippen LogP contribution is 2.42. The van der Waals surface area contributed by atoms with Gasteiger partial charge in [0.15, 0.2) is 17.7 Å². The Balaban J connectivity index is 1.20. The molecule has 1 aliphatic carbocycles. The van der Waals surface area contributed by atoms with Crippen LogP contribution in [0.1, 0.15) is 113 Å². The summed E-state index contributed by atoms with van der Waals surface area (Å²) in [7, 11) is 6.66. The molecule has 4 heterocycles. The number of anilines is 1. The van der Waals surface area contributed by atoms with Crippen LogP contribution in [0, 0.1) is 23.7 Å². The molecule has 8 N–H and O–H groups in total. The number of amides is 1. The normalized spacial score (nSPS) is 40.5. The molecule has 1 aromatic carbocycles. The number of hydrogen-bond donors (Lipinski definition) is 7. The van der Waals surface area contributed by atoms with E-state index in [1.807, 2.05) is 62.0 Å². The molecule has 1 aromatic heterocycles. The topological polar surface area (TPSA) is 257 Å². The lowest BCUT2D eigenvalue weighted by Crippen LogP contribution is -2.59. The summed E-state index contributed by atoms with van der Waals surface area (Å²) in [6.45, 7) is 15.5. The van der Waals surface area contributed by atoms with Gasteiger partial charge in [-0.1, -0.05) is 49.4 Å². The van der Waals surface area contributed by atoms with Crippen molar-refractivity contribution in [2.24, 2.45) is 23.7 Å². The fourth-order valence-electron chi connectivity index (χ4n) is 11.6. The summed E-state index contributed by atoms with van der Waals surface area (Å²) in [5.74, 6) is -2.78. The van der Waals surface area contributed by atoms with Crippen molar-refractivity contribution in [2.45, 2.75) is 203 Å². The van der Waals surface area contributed by atoms with E-state index in [1.165, 1.54) is 32.5 Å². The molecule has 0 bridgehead atoms. The number of nitrogens with one attached hydrogen (secondary N) is 1. The summed E-state index contributed by atoms with van der Waals surface area (Å²) >= 11 is 1.36. The number of ether oxygens (including phenoxy) is 7. The van der Waals surface area contributed by atoms with Crippen molar-refractivity contribution in [1.82, 2.24) is 20.1 Å². The van der Waals surface area contributed by atoms with Gasteiger partial charge in [-0.25, -0.2) is 9.37 Å². The maximum Gasteiger partial charge on any atom is 0.311 e. The number of hydrogen-bond acceptors (Lipinski definition) is 19. The van der Waals surface area contributed by atoms with Crippen LogP contribution in [0.3, 0.4) is 0 Å². The smallest absolute Gasteiger partial charge is 0.311 e. The van der Waals surface area contributed by atoms with Crippen LogP contribution in [0.25, 0.3) is 10.4 Å². The number of methoxy groups -OCH3 is 2. The number of nitrogens with zero attached hydrogens (tertiary/aromatic N) is 3. The molecule has 75 heavy (non-hydrogen) atoms. The number of nitrogens with two attached hydrogens (primary N) is 1. The van der Waals surface area contributed by atoms with Gasteiger partial charge >= 0.3 is 5.97 Å². The number of aromatic nitrogens is 1. The standard InChI is InChI=1S/C54H88FN5O14S/c1-14-41-54(9,67)46(62)31(5)59(10)26-28(2)22-52(7,66)42(21-39(30(4)49(65)73-41)72-43-23-53(8,69-13)47(63)32(6)71-43)74-50-44(61)38(19-29(3)70-50)60(11)27-35-20-36(35)48(64)58-37(24-55)45(68-12)34-17-15-33(16-18-34)40-25-57-51(56)75-40/h15-18,25,28-32,35-39,41-47,50,61-63,66-67H,14,19-24,26-27H2,1-13H3,(H2,56,57)(H,58,64)/t28-,29-,30-,31-,32+,35-,36+,37+,38?,39+,41-,42-,43+,44-,45-,46-,47+,50+,52-,53-,54-/m1/s1. The van der Waals surface area contributed by atoms with E-state index < -0.39 is 121 Å². The predicted octanol–water partition coefficient (Wildman–Crippen LogP) is 4.21. The Hall–Kier alpha value is -3.00. The third kappa shape index (κ3) is 14.4. The molecule has 21 atom stereocenters. The van der Waals surface area contributed by atoms with Crippen LogP contribution in [0.4, 0.5) is 9.52 Å². The quantitative estimate of drug-likeness (QED) is 0.116. The largest absolute Gasteiger partial charge is 0.459 e. The molecular weight excluding hydrogens is 994 g/mol. The Morgan fingerprint density at radius 3 is 2.29 bits per heavy atom. The van der Waals surface area contributed by atoms with Crippen LogP contribution in [0.2, 0.25) is 0 Å². The fourth-order valence-corrected chi connectivity index (χ4v) is 12.3. The third-order valence-electron chi connectivity index (χ3n) is 16.7. The highest BCUT2D eigenvalue weighted by atomic mass is 32.1. The molecule has 426 valence electrons. The van der Waals surface area contributed by atoms with E-state index in [0.29, 0.717) is 36.6 Å². The second kappa shape index (κ2) is 25.4. The Morgan fingerprint density at radius 2 is 1.69 bits per heavy atom. The maximum atomic E-state index is 14.7. The summed E-state index contributed by atoms with van der Waals surface area (Å²) in [6.07, 6.45) is -8.09. The van der Waals surface area contributed by atoms with Gasteiger partial charge in [-0.15, -0.1) is 0 Å². The number of esters is 1. The average molecular weight is 1080 g/mol. The highest BCUT2D eigenvalue weighted by molar-refractivity contribution is 7.18. The van der Waals surface area contributed by atoms with Gasteiger partial charge in [0.2, 0.25) is 5.91 Å². The first-order valence-electron chi connectivity index (χ1n) is 26.7. The molecule has 4 aliphatic rings. The van der Waals surface area contributed by atoms with E-state index in [0.717, 1.165) is 10.4 Å². The second-order valence-electron chi connectivity index (χ2n) is 22.9. The van der Waals surface area contributed by atoms with Crippen molar-refractivity contribution in [3.63, 3.8) is 0 Å². The molecule has 2 aromatic rings. The highest BCUT2D eigenvalue weighted by Gasteiger charge is 2.52. The zero-order chi connectivity index (χ0) is 55.5. The number of benzene rings is 1. The number of thiazole rings is 1. The van der Waals surface area contributed by atoms with Crippen LogP contribution in [0.5, 0.6) is 0 Å². The number of rotatable bonds is 16. The number of halogens is 1. The molecule has 3 saturated heterocycles. The number of carbonyl (C=O) groups excluding carboxylic acids is 2. The lowest BCUT2D eigenvalue weighted by Gasteiger charge is -2.47. The Bertz CT molecular complexity index is 2160. The van der Waals surface area contributed by atoms with Crippen LogP contribution < -0.4 is 11.1 Å². The summed E-state index contributed by atoms with van der Waals surface area (Å²) in [5, 5.41) is 62.8. The number of carbonyl (C=O) groups is 2. The van der Waals surface area contributed by atoms with E-state index in [-0.39, 0.29) is 49.3 Å². The molecule has 1 saturated carbocycles. The van der Waals surface area contributed by atoms with Crippen molar-refractivity contribution < 1.29 is 72.7 Å². The van der Waals surface area contributed by atoms with Gasteiger partial charge in [0.25, 0.3) is 0 Å². The lowest BCUT2D eigenvalue weighted by atomic mass is 9.83. The van der Waals surface area contributed by atoms with E-state index in [2.05, 4.69) is 10.3 Å². The number of aliphatic hydroxyl groups is 5. The van der Waals surface area contributed by atoms with Gasteiger partial charge in [-0.2, -0.15) is 0 Å². The number of nitrogen functional groups attached to an aromatic ring is 1. The van der Waals surface area contributed by atoms with Gasteiger partial charge < -0.3 is 79.5 Å². The molecule has 4 fully saturated rings. The molecule has 0 radical (unpaired) electrons. The maximum absolute atomic E-state index is 14.7. The van der Waals surface area contributed by atoms with Crippen molar-refractivity contribution in [1.29, 1.82) is 0 Å². The molecule has 0 spiro atoms. The zero-order valence-electron chi connectivity index (χ0n) is 46.3. The monoisotopic (exact) mass is 1080 g/mol. The van der Waals surface area contributed by atoms with E-state index in [1.54, 1.807) is 47.7 Å². The zero-order valence-corrected chi connectivity index (χ0v) is 47.1. The minimum atomic E-state index is -1.85. The lowest BCUT2D eigenvalue weighted by molar-refractivity contribution is -0.308. The number of likely N-dealkylation sites (N-methyl/N-ethyl adjacent to an activating group) is 2. The number of alkyl halides is 1. The second-order valence-corrected chi connectivity index (χ2v) is 23.9. The Morgan fingerprint density at radius 1 is 1.01 bits per heavy atom. The molecule has 21 heteroatoms. The summed E-state index contributed by atoms with van der Waals surface area (Å²) in [6, 6.07) is 5.42. The first kappa shape index (κ1) is 61.2. The molecule has 19 nitrogen and oxygen atoms in total. The number of cyclic esters (lactones) is 1. The molecular formula is C54H88FN5O14S. The molecule has 3 aliphatic heterocycles. The van der Waals surface area contributed by atoms with Gasteiger partial charge in [0, 0.05) is 64.3 Å². The van der Waals surface area contributed by atoms with Gasteiger partial charge in [-0.3, -0.25) is 9.59 Å². The van der Waals surface area contributed by atoms with E-state index in [4.69, 9.17) is 38.9 Å². The summed E-state index contributed by atoms with van der Waals surface area (Å²) < 4.78 is 58.3. The van der Waals surface area contributed by atoms with Gasteiger partial charge in [0.1, 0.15) is 42.8 Å². The molecule has 1 amide bonds. The molecule has 1 unspecified atom stereocenters. The minimum absolute atomic E-state index is 0.0821. The first-order chi connectivity index (χ1) is 35.2. The summed E-state index contributed by atoms with van der Waals surface area (Å²) in [4.78, 5) is 37.0. The van der Waals surface area contributed by atoms with Crippen molar-refractivity contribution >= 4 is 28.3 Å². The van der Waals surface area contributed by atoms with Crippen LogP contribution in [-0.4, -0.2) is 197 Å². The SMILES string of the molecule is CC[C@H]1OC(=O)[C@H](C)[C@@H](O[C@H]2C[C@@](C)(OC)[C@@H](O)[C@H](C)O2)C[C@@H](O[C@@H]2O[C@H](C)CC(N(C)C[C@H]3C[C@@H]3C(=O)N[C@@H](CF)[C@H](OC)c3ccc(-c4cnc(N)s4)cc3)[C@H]2O)[C@](C)(O)C[C@@H](C)CN(C)[C@H](C)[C@@H](O)[C@]1(C)O. The van der Waals surface area contributed by atoms with Crippen molar-refractivity contribution in [3.8, 4) is 10.4 Å².